The molecule has 0 unspecified atom stereocenters. The predicted molar refractivity (Wildman–Crippen MR) is 97.4 cm³/mol. The van der Waals surface area contributed by atoms with Crippen LogP contribution >= 0.6 is 0 Å². The number of hydrogen-bond acceptors (Lipinski definition) is 4. The van der Waals surface area contributed by atoms with Crippen molar-refractivity contribution in [3.05, 3.63) is 24.3 Å². The average Bonchev–Trinajstić information content (AvgIpc) is 2.43. The molecule has 2 N–H and O–H groups in total. The minimum absolute atomic E-state index is 0.0474. The minimum atomic E-state index is -0.0631. The Labute approximate surface area is 141 Å². The summed E-state index contributed by atoms with van der Waals surface area (Å²) in [6.07, 6.45) is 0.978. The van der Waals surface area contributed by atoms with Crippen molar-refractivity contribution in [1.82, 2.24) is 20.4 Å². The van der Waals surface area contributed by atoms with E-state index in [1.54, 1.807) is 13.8 Å². The molecule has 0 radical (unpaired) electrons. The van der Waals surface area contributed by atoms with Crippen LogP contribution in [0.5, 0.6) is 0 Å². The molecule has 0 saturated carbocycles. The van der Waals surface area contributed by atoms with Crippen LogP contribution < -0.4 is 10.6 Å². The van der Waals surface area contributed by atoms with E-state index in [-0.39, 0.29) is 11.8 Å². The molecule has 0 atom stereocenters. The van der Waals surface area contributed by atoms with Gasteiger partial charge in [0.2, 0.25) is 11.8 Å². The lowest BCUT2D eigenvalue weighted by Crippen LogP contribution is -2.31. The van der Waals surface area contributed by atoms with E-state index < -0.39 is 0 Å². The fraction of sp³-hybridized carbons (Fsp3) is 0.647. The number of carbonyl (C=O) groups excluding carboxylic acids is 2. The largest absolute Gasteiger partial charge is 0.352 e. The normalized spacial score (nSPS) is 9.91. The van der Waals surface area contributed by atoms with Crippen LogP contribution in [0.4, 0.5) is 0 Å². The lowest BCUT2D eigenvalue weighted by atomic mass is 10.3. The third-order valence-electron chi connectivity index (χ3n) is 2.69. The number of carbonyl (C=O) groups is 2. The first kappa shape index (κ1) is 23.6. The third-order valence-corrected chi connectivity index (χ3v) is 2.69. The van der Waals surface area contributed by atoms with Gasteiger partial charge >= 0.3 is 0 Å². The van der Waals surface area contributed by atoms with Crippen molar-refractivity contribution in [2.45, 2.75) is 20.3 Å². The Morgan fingerprint density at radius 3 is 1.52 bits per heavy atom. The number of nitrogens with zero attached hydrogens (tertiary/aromatic N) is 2. The Morgan fingerprint density at radius 1 is 0.783 bits per heavy atom. The van der Waals surface area contributed by atoms with Gasteiger partial charge in [-0.2, -0.15) is 0 Å². The standard InChI is InChI=1S/C9H18N2O.C8H16N2O/c1-8(2)9(12)10-6-5-7-11(3)4;1-7(2)8(11)9-5-6-10(3)4/h1,5-7H2,2-4H3,(H,10,12);1,5-6H2,2-4H3,(H,9,11). The Bertz CT molecular complexity index is 390. The van der Waals surface area contributed by atoms with E-state index in [0.717, 1.165) is 26.1 Å². The zero-order chi connectivity index (χ0) is 18.4. The fourth-order valence-corrected chi connectivity index (χ4v) is 1.29. The Morgan fingerprint density at radius 2 is 1.17 bits per heavy atom. The van der Waals surface area contributed by atoms with Gasteiger partial charge in [0.15, 0.2) is 0 Å². The third kappa shape index (κ3) is 18.3. The van der Waals surface area contributed by atoms with Gasteiger partial charge in [-0.15, -0.1) is 0 Å². The van der Waals surface area contributed by atoms with E-state index in [1.807, 2.05) is 33.1 Å². The maximum atomic E-state index is 11.0. The first-order valence-electron chi connectivity index (χ1n) is 7.74. The van der Waals surface area contributed by atoms with Crippen LogP contribution in [0.1, 0.15) is 20.3 Å². The zero-order valence-electron chi connectivity index (χ0n) is 15.7. The monoisotopic (exact) mass is 326 g/mol. The van der Waals surface area contributed by atoms with Gasteiger partial charge in [-0.1, -0.05) is 13.2 Å². The predicted octanol–water partition coefficient (Wildman–Crippen LogP) is 0.871. The minimum Gasteiger partial charge on any atom is -0.352 e. The molecule has 0 saturated heterocycles. The van der Waals surface area contributed by atoms with Crippen molar-refractivity contribution in [3.8, 4) is 0 Å². The average molecular weight is 326 g/mol. The molecule has 0 aromatic carbocycles. The summed E-state index contributed by atoms with van der Waals surface area (Å²) in [5.74, 6) is -0.111. The number of amides is 2. The van der Waals surface area contributed by atoms with Gasteiger partial charge in [-0.25, -0.2) is 0 Å². The summed E-state index contributed by atoms with van der Waals surface area (Å²) in [5.41, 5.74) is 1.13. The molecule has 0 fully saturated rings. The van der Waals surface area contributed by atoms with Crippen LogP contribution in [0, 0.1) is 0 Å². The fourth-order valence-electron chi connectivity index (χ4n) is 1.29. The second-order valence-electron chi connectivity index (χ2n) is 6.03. The Balaban J connectivity index is 0. The number of likely N-dealkylation sites (N-methyl/N-ethyl adjacent to an activating group) is 1. The topological polar surface area (TPSA) is 64.7 Å². The molecule has 0 rings (SSSR count). The molecule has 0 heterocycles. The molecule has 0 aliphatic rings. The van der Waals surface area contributed by atoms with Gasteiger partial charge in [0.1, 0.15) is 0 Å². The highest BCUT2D eigenvalue weighted by Crippen LogP contribution is 1.87. The second kappa shape index (κ2) is 14.0. The molecule has 0 spiro atoms. The van der Waals surface area contributed by atoms with Crippen molar-refractivity contribution in [3.63, 3.8) is 0 Å². The number of rotatable bonds is 9. The van der Waals surface area contributed by atoms with Crippen LogP contribution in [-0.2, 0) is 9.59 Å². The molecule has 6 heteroatoms. The maximum absolute atomic E-state index is 11.0. The van der Waals surface area contributed by atoms with Crippen molar-refractivity contribution in [1.29, 1.82) is 0 Å². The van der Waals surface area contributed by atoms with Crippen molar-refractivity contribution in [2.75, 3.05) is 54.4 Å². The molecular weight excluding hydrogens is 292 g/mol. The van der Waals surface area contributed by atoms with E-state index >= 15 is 0 Å². The summed E-state index contributed by atoms with van der Waals surface area (Å²) in [5, 5.41) is 5.51. The molecule has 134 valence electrons. The van der Waals surface area contributed by atoms with Crippen LogP contribution in [0.25, 0.3) is 0 Å². The SMILES string of the molecule is C=C(C)C(=O)NCCCN(C)C.C=C(C)C(=O)NCCN(C)C. The molecule has 0 aromatic rings. The quantitative estimate of drug-likeness (QED) is 0.487. The summed E-state index contributed by atoms with van der Waals surface area (Å²) < 4.78 is 0. The van der Waals surface area contributed by atoms with Crippen LogP contribution in [-0.4, -0.2) is 76.0 Å². The summed E-state index contributed by atoms with van der Waals surface area (Å²) in [6, 6.07) is 0. The van der Waals surface area contributed by atoms with Crippen molar-refractivity contribution >= 4 is 11.8 Å². The van der Waals surface area contributed by atoms with Crippen molar-refractivity contribution in [2.24, 2.45) is 0 Å². The summed E-state index contributed by atoms with van der Waals surface area (Å²) >= 11 is 0. The van der Waals surface area contributed by atoms with Gasteiger partial charge in [0.05, 0.1) is 0 Å². The molecule has 23 heavy (non-hydrogen) atoms. The van der Waals surface area contributed by atoms with E-state index in [4.69, 9.17) is 0 Å². The van der Waals surface area contributed by atoms with Crippen LogP contribution in [0.3, 0.4) is 0 Å². The molecule has 2 amide bonds. The van der Waals surface area contributed by atoms with E-state index in [2.05, 4.69) is 28.7 Å². The summed E-state index contributed by atoms with van der Waals surface area (Å²) in [6.45, 7) is 13.7. The second-order valence-corrected chi connectivity index (χ2v) is 6.03. The highest BCUT2D eigenvalue weighted by atomic mass is 16.2. The first-order chi connectivity index (χ1) is 10.6. The van der Waals surface area contributed by atoms with E-state index in [0.29, 0.717) is 17.7 Å². The smallest absolute Gasteiger partial charge is 0.246 e. The van der Waals surface area contributed by atoms with Gasteiger partial charge in [-0.3, -0.25) is 9.59 Å². The Hall–Kier alpha value is -1.66. The molecule has 0 aliphatic carbocycles. The van der Waals surface area contributed by atoms with Gasteiger partial charge < -0.3 is 20.4 Å². The van der Waals surface area contributed by atoms with Gasteiger partial charge in [0.25, 0.3) is 0 Å². The van der Waals surface area contributed by atoms with Crippen LogP contribution in [0.2, 0.25) is 0 Å². The molecule has 6 nitrogen and oxygen atoms in total. The number of hydrogen-bond donors (Lipinski definition) is 2. The highest BCUT2D eigenvalue weighted by molar-refractivity contribution is 5.92. The van der Waals surface area contributed by atoms with Gasteiger partial charge in [-0.05, 0) is 55.0 Å². The molecule has 0 bridgehead atoms. The molecule has 0 aromatic heterocycles. The van der Waals surface area contributed by atoms with Crippen molar-refractivity contribution < 1.29 is 9.59 Å². The lowest BCUT2D eigenvalue weighted by Gasteiger charge is -2.09. The first-order valence-corrected chi connectivity index (χ1v) is 7.74. The summed E-state index contributed by atoms with van der Waals surface area (Å²) in [4.78, 5) is 26.0. The molecular formula is C17H34N4O2. The van der Waals surface area contributed by atoms with E-state index in [9.17, 15) is 9.59 Å². The van der Waals surface area contributed by atoms with Crippen LogP contribution in [0.15, 0.2) is 24.3 Å². The highest BCUT2D eigenvalue weighted by Gasteiger charge is 1.99. The zero-order valence-corrected chi connectivity index (χ0v) is 15.7. The summed E-state index contributed by atoms with van der Waals surface area (Å²) in [7, 11) is 7.96. The molecule has 0 aliphatic heterocycles. The lowest BCUT2D eigenvalue weighted by molar-refractivity contribution is -0.118. The van der Waals surface area contributed by atoms with E-state index in [1.165, 1.54) is 0 Å². The van der Waals surface area contributed by atoms with Gasteiger partial charge in [0, 0.05) is 30.8 Å². The number of nitrogens with one attached hydrogen (secondary N) is 2. The maximum Gasteiger partial charge on any atom is 0.246 e. The Kier molecular flexibility index (Phi) is 14.3.